The summed E-state index contributed by atoms with van der Waals surface area (Å²) in [6.07, 6.45) is 11.8. The van der Waals surface area contributed by atoms with Crippen molar-refractivity contribution in [1.29, 1.82) is 0 Å². The number of hydrogen-bond acceptors (Lipinski definition) is 1. The second-order valence-corrected chi connectivity index (χ2v) is 3.99. The van der Waals surface area contributed by atoms with E-state index in [0.29, 0.717) is 0 Å². The molecule has 1 nitrogen and oxygen atoms in total. The molecular weight excluding hydrogens is 296 g/mol. The fourth-order valence-electron chi connectivity index (χ4n) is 0.778. The lowest BCUT2D eigenvalue weighted by molar-refractivity contribution is 0.0504. The van der Waals surface area contributed by atoms with Crippen LogP contribution in [0.25, 0.3) is 0 Å². The molecule has 0 heterocycles. The van der Waals surface area contributed by atoms with Crippen LogP contribution in [0.1, 0.15) is 12.8 Å². The van der Waals surface area contributed by atoms with Crippen molar-refractivity contribution >= 4 is 31.9 Å². The standard InChI is InChI=1S/C10H12Br2O/c1-3-9(5-7-11)13-10(4-2)6-8-12/h1-2,9-10H,5-8H2. The van der Waals surface area contributed by atoms with Crippen LogP contribution < -0.4 is 0 Å². The summed E-state index contributed by atoms with van der Waals surface area (Å²) in [4.78, 5) is 0. The molecule has 0 N–H and O–H groups in total. The SMILES string of the molecule is C#CC(CCBr)OC(C#C)CCBr. The normalized spacial score (nSPS) is 14.2. The molecule has 3 heteroatoms. The van der Waals surface area contributed by atoms with E-state index in [9.17, 15) is 0 Å². The lowest BCUT2D eigenvalue weighted by Crippen LogP contribution is -2.20. The highest BCUT2D eigenvalue weighted by atomic mass is 79.9. The zero-order chi connectivity index (χ0) is 10.1. The van der Waals surface area contributed by atoms with Crippen LogP contribution in [0.4, 0.5) is 0 Å². The molecule has 0 bridgehead atoms. The largest absolute Gasteiger partial charge is 0.350 e. The number of hydrogen-bond donors (Lipinski definition) is 0. The maximum Gasteiger partial charge on any atom is 0.120 e. The van der Waals surface area contributed by atoms with Gasteiger partial charge in [0.2, 0.25) is 0 Å². The number of terminal acetylenes is 2. The first-order valence-electron chi connectivity index (χ1n) is 3.98. The predicted molar refractivity (Wildman–Crippen MR) is 63.1 cm³/mol. The van der Waals surface area contributed by atoms with Gasteiger partial charge in [0.1, 0.15) is 12.2 Å². The van der Waals surface area contributed by atoms with Gasteiger partial charge in [0.25, 0.3) is 0 Å². The van der Waals surface area contributed by atoms with Crippen molar-refractivity contribution in [2.45, 2.75) is 25.0 Å². The van der Waals surface area contributed by atoms with Crippen LogP contribution in [0.5, 0.6) is 0 Å². The Morgan fingerprint density at radius 2 is 1.38 bits per heavy atom. The average molecular weight is 308 g/mol. The van der Waals surface area contributed by atoms with Crippen LogP contribution in [-0.4, -0.2) is 22.9 Å². The Kier molecular flexibility index (Phi) is 8.66. The molecule has 0 saturated carbocycles. The average Bonchev–Trinajstić information content (AvgIpc) is 2.16. The van der Waals surface area contributed by atoms with Crippen molar-refractivity contribution in [3.8, 4) is 24.7 Å². The fourth-order valence-corrected chi connectivity index (χ4v) is 1.61. The van der Waals surface area contributed by atoms with Gasteiger partial charge in [-0.3, -0.25) is 0 Å². The zero-order valence-corrected chi connectivity index (χ0v) is 10.5. The topological polar surface area (TPSA) is 9.23 Å². The molecule has 2 unspecified atom stereocenters. The lowest BCUT2D eigenvalue weighted by Gasteiger charge is -2.15. The van der Waals surface area contributed by atoms with E-state index in [-0.39, 0.29) is 12.2 Å². The van der Waals surface area contributed by atoms with Gasteiger partial charge in [-0.25, -0.2) is 0 Å². The highest BCUT2D eigenvalue weighted by Gasteiger charge is 2.11. The van der Waals surface area contributed by atoms with Gasteiger partial charge in [-0.2, -0.15) is 0 Å². The van der Waals surface area contributed by atoms with E-state index in [4.69, 9.17) is 17.6 Å². The summed E-state index contributed by atoms with van der Waals surface area (Å²) in [5.74, 6) is 5.13. The quantitative estimate of drug-likeness (QED) is 0.541. The predicted octanol–water partition coefficient (Wildman–Crippen LogP) is 2.58. The molecule has 0 aliphatic rings. The smallest absolute Gasteiger partial charge is 0.120 e. The third-order valence-corrected chi connectivity index (χ3v) is 2.36. The molecule has 2 atom stereocenters. The van der Waals surface area contributed by atoms with Crippen LogP contribution in [-0.2, 0) is 4.74 Å². The van der Waals surface area contributed by atoms with Crippen LogP contribution in [0.2, 0.25) is 0 Å². The number of alkyl halides is 2. The van der Waals surface area contributed by atoms with E-state index >= 15 is 0 Å². The molecule has 0 aromatic rings. The molecule has 0 aromatic heterocycles. The van der Waals surface area contributed by atoms with Gasteiger partial charge < -0.3 is 4.74 Å². The Hall–Kier alpha value is 0.0400. The van der Waals surface area contributed by atoms with Gasteiger partial charge in [0.15, 0.2) is 0 Å². The number of halogens is 2. The van der Waals surface area contributed by atoms with Gasteiger partial charge in [-0.1, -0.05) is 43.7 Å². The van der Waals surface area contributed by atoms with Crippen molar-refractivity contribution in [3.63, 3.8) is 0 Å². The summed E-state index contributed by atoms with van der Waals surface area (Å²) in [6.45, 7) is 0. The summed E-state index contributed by atoms with van der Waals surface area (Å²) in [5.41, 5.74) is 0. The molecule has 0 saturated heterocycles. The Labute approximate surface area is 96.9 Å². The lowest BCUT2D eigenvalue weighted by atomic mass is 10.2. The van der Waals surface area contributed by atoms with Crippen molar-refractivity contribution in [1.82, 2.24) is 0 Å². The second kappa shape index (κ2) is 8.63. The Morgan fingerprint density at radius 3 is 1.62 bits per heavy atom. The van der Waals surface area contributed by atoms with Gasteiger partial charge in [-0.15, -0.1) is 12.8 Å². The number of rotatable bonds is 6. The molecule has 72 valence electrons. The van der Waals surface area contributed by atoms with Crippen LogP contribution >= 0.6 is 31.9 Å². The maximum absolute atomic E-state index is 5.50. The highest BCUT2D eigenvalue weighted by molar-refractivity contribution is 9.09. The minimum atomic E-state index is -0.181. The Bertz CT molecular complexity index is 180. The van der Waals surface area contributed by atoms with E-state index in [1.54, 1.807) is 0 Å². The van der Waals surface area contributed by atoms with Crippen molar-refractivity contribution < 1.29 is 4.74 Å². The van der Waals surface area contributed by atoms with Crippen LogP contribution in [0.15, 0.2) is 0 Å². The van der Waals surface area contributed by atoms with Gasteiger partial charge in [0, 0.05) is 10.7 Å². The molecule has 0 rings (SSSR count). The molecule has 0 aromatic carbocycles. The monoisotopic (exact) mass is 306 g/mol. The van der Waals surface area contributed by atoms with Crippen molar-refractivity contribution in [3.05, 3.63) is 0 Å². The Balaban J connectivity index is 3.91. The summed E-state index contributed by atoms with van der Waals surface area (Å²) < 4.78 is 5.50. The van der Waals surface area contributed by atoms with E-state index < -0.39 is 0 Å². The van der Waals surface area contributed by atoms with E-state index in [1.165, 1.54) is 0 Å². The van der Waals surface area contributed by atoms with Crippen molar-refractivity contribution in [2.24, 2.45) is 0 Å². The highest BCUT2D eigenvalue weighted by Crippen LogP contribution is 2.07. The molecule has 0 aliphatic carbocycles. The zero-order valence-electron chi connectivity index (χ0n) is 7.30. The molecule has 0 amide bonds. The summed E-state index contributed by atoms with van der Waals surface area (Å²) in [6, 6.07) is 0. The molecule has 13 heavy (non-hydrogen) atoms. The van der Waals surface area contributed by atoms with Crippen LogP contribution in [0, 0.1) is 24.7 Å². The molecule has 0 radical (unpaired) electrons. The molecule has 0 fully saturated rings. The second-order valence-electron chi connectivity index (χ2n) is 2.40. The summed E-state index contributed by atoms with van der Waals surface area (Å²) in [5, 5.41) is 1.65. The van der Waals surface area contributed by atoms with Crippen LogP contribution in [0.3, 0.4) is 0 Å². The number of ether oxygens (including phenoxy) is 1. The maximum atomic E-state index is 5.50. The van der Waals surface area contributed by atoms with E-state index in [1.807, 2.05) is 0 Å². The summed E-state index contributed by atoms with van der Waals surface area (Å²) >= 11 is 6.61. The first-order valence-corrected chi connectivity index (χ1v) is 6.22. The molecular formula is C10H12Br2O. The van der Waals surface area contributed by atoms with E-state index in [2.05, 4.69) is 43.7 Å². The minimum Gasteiger partial charge on any atom is -0.350 e. The third-order valence-electron chi connectivity index (χ3n) is 1.44. The van der Waals surface area contributed by atoms with E-state index in [0.717, 1.165) is 23.5 Å². The first-order chi connectivity index (χ1) is 6.28. The van der Waals surface area contributed by atoms with Crippen molar-refractivity contribution in [2.75, 3.05) is 10.7 Å². The molecule has 0 spiro atoms. The molecule has 0 aliphatic heterocycles. The van der Waals surface area contributed by atoms with Gasteiger partial charge >= 0.3 is 0 Å². The Morgan fingerprint density at radius 1 is 1.00 bits per heavy atom. The fraction of sp³-hybridized carbons (Fsp3) is 0.600. The minimum absolute atomic E-state index is 0.181. The third kappa shape index (κ3) is 6.16. The summed E-state index contributed by atoms with van der Waals surface area (Å²) in [7, 11) is 0. The van der Waals surface area contributed by atoms with Gasteiger partial charge in [-0.05, 0) is 12.8 Å². The first kappa shape index (κ1) is 13.0. The van der Waals surface area contributed by atoms with Gasteiger partial charge in [0.05, 0.1) is 0 Å².